The second-order valence-corrected chi connectivity index (χ2v) is 4.81. The number of benzene rings is 1. The van der Waals surface area contributed by atoms with Crippen LogP contribution in [0.25, 0.3) is 0 Å². The molecule has 0 saturated heterocycles. The van der Waals surface area contributed by atoms with Gasteiger partial charge in [0, 0.05) is 37.3 Å². The van der Waals surface area contributed by atoms with Crippen molar-refractivity contribution in [2.75, 3.05) is 39.5 Å². The molecule has 1 aromatic rings. The van der Waals surface area contributed by atoms with Crippen molar-refractivity contribution in [1.82, 2.24) is 10.6 Å². The van der Waals surface area contributed by atoms with Gasteiger partial charge < -0.3 is 25.2 Å². The minimum absolute atomic E-state index is 0.155. The molecule has 0 aliphatic rings. The first-order valence-corrected chi connectivity index (χ1v) is 7.71. The summed E-state index contributed by atoms with van der Waals surface area (Å²) in [5.41, 5.74) is 0.978. The van der Waals surface area contributed by atoms with E-state index >= 15 is 0 Å². The minimum atomic E-state index is 0.155. The zero-order valence-corrected chi connectivity index (χ0v) is 13.5. The highest BCUT2D eigenvalue weighted by molar-refractivity contribution is 6.31. The third-order valence-corrected chi connectivity index (χ3v) is 3.15. The number of aliphatic hydroxyl groups excluding tert-OH is 1. The van der Waals surface area contributed by atoms with Gasteiger partial charge in [0.15, 0.2) is 11.5 Å². The van der Waals surface area contributed by atoms with Gasteiger partial charge >= 0.3 is 0 Å². The highest BCUT2D eigenvalue weighted by Crippen LogP contribution is 2.33. The molecule has 0 atom stereocenters. The summed E-state index contributed by atoms with van der Waals surface area (Å²) in [5.74, 6) is 1.40. The maximum Gasteiger partial charge on any atom is 0.162 e. The van der Waals surface area contributed by atoms with Crippen LogP contribution in [0.3, 0.4) is 0 Å². The molecule has 0 saturated carbocycles. The Bertz CT molecular complexity index is 416. The second-order valence-electron chi connectivity index (χ2n) is 4.41. The van der Waals surface area contributed by atoms with E-state index in [1.54, 1.807) is 6.07 Å². The molecule has 3 N–H and O–H groups in total. The summed E-state index contributed by atoms with van der Waals surface area (Å²) in [6, 6.07) is 3.72. The molecular weight excluding hydrogens is 292 g/mol. The summed E-state index contributed by atoms with van der Waals surface area (Å²) < 4.78 is 11.1. The lowest BCUT2D eigenvalue weighted by Crippen LogP contribution is -2.28. The van der Waals surface area contributed by atoms with Crippen LogP contribution in [0, 0.1) is 0 Å². The van der Waals surface area contributed by atoms with E-state index in [0.717, 1.165) is 24.4 Å². The molecule has 6 heteroatoms. The Kier molecular flexibility index (Phi) is 9.17. The van der Waals surface area contributed by atoms with Crippen molar-refractivity contribution in [2.45, 2.75) is 20.4 Å². The van der Waals surface area contributed by atoms with Gasteiger partial charge in [-0.15, -0.1) is 0 Å². The van der Waals surface area contributed by atoms with Crippen molar-refractivity contribution in [3.05, 3.63) is 22.7 Å². The van der Waals surface area contributed by atoms with Gasteiger partial charge in [-0.2, -0.15) is 0 Å². The number of aliphatic hydroxyl groups is 1. The summed E-state index contributed by atoms with van der Waals surface area (Å²) in [6.07, 6.45) is 0. The molecule has 0 aliphatic carbocycles. The second kappa shape index (κ2) is 10.7. The minimum Gasteiger partial charge on any atom is -0.490 e. The van der Waals surface area contributed by atoms with Crippen LogP contribution in [0.4, 0.5) is 0 Å². The van der Waals surface area contributed by atoms with Gasteiger partial charge in [0.1, 0.15) is 0 Å². The van der Waals surface area contributed by atoms with E-state index in [9.17, 15) is 0 Å². The highest BCUT2D eigenvalue weighted by Gasteiger charge is 2.10. The molecule has 5 nitrogen and oxygen atoms in total. The monoisotopic (exact) mass is 316 g/mol. The largest absolute Gasteiger partial charge is 0.490 e. The van der Waals surface area contributed by atoms with E-state index in [0.29, 0.717) is 37.1 Å². The van der Waals surface area contributed by atoms with Gasteiger partial charge in [-0.1, -0.05) is 11.6 Å². The smallest absolute Gasteiger partial charge is 0.162 e. The van der Waals surface area contributed by atoms with Crippen molar-refractivity contribution in [1.29, 1.82) is 0 Å². The molecule has 0 bridgehead atoms. The molecule has 0 fully saturated rings. The Morgan fingerprint density at radius 1 is 1.00 bits per heavy atom. The molecule has 0 radical (unpaired) electrons. The number of hydrogen-bond donors (Lipinski definition) is 3. The maximum atomic E-state index is 8.66. The van der Waals surface area contributed by atoms with Crippen LogP contribution in [0.15, 0.2) is 12.1 Å². The van der Waals surface area contributed by atoms with E-state index in [2.05, 4.69) is 10.6 Å². The Morgan fingerprint density at radius 3 is 2.24 bits per heavy atom. The van der Waals surface area contributed by atoms with Crippen LogP contribution in [0.1, 0.15) is 19.4 Å². The normalized spacial score (nSPS) is 10.7. The fraction of sp³-hybridized carbons (Fsp3) is 0.600. The van der Waals surface area contributed by atoms with Gasteiger partial charge in [0.25, 0.3) is 0 Å². The van der Waals surface area contributed by atoms with Crippen LogP contribution in [0.2, 0.25) is 5.02 Å². The van der Waals surface area contributed by atoms with Crippen molar-refractivity contribution >= 4 is 11.6 Å². The molecule has 0 aliphatic heterocycles. The number of hydrogen-bond acceptors (Lipinski definition) is 5. The molecule has 0 amide bonds. The number of halogens is 1. The number of rotatable bonds is 11. The topological polar surface area (TPSA) is 62.8 Å². The zero-order valence-electron chi connectivity index (χ0n) is 12.7. The molecule has 0 spiro atoms. The molecular formula is C15H25ClN2O3. The van der Waals surface area contributed by atoms with Crippen molar-refractivity contribution < 1.29 is 14.6 Å². The number of nitrogens with one attached hydrogen (secondary N) is 2. The standard InChI is InChI=1S/C15H25ClN2O3/c1-3-20-14-9-12(11-18-6-5-17-7-8-19)13(16)10-15(14)21-4-2/h9-10,17-19H,3-8,11H2,1-2H3. The Labute approximate surface area is 131 Å². The van der Waals surface area contributed by atoms with Crippen LogP contribution >= 0.6 is 11.6 Å². The van der Waals surface area contributed by atoms with Gasteiger partial charge in [0.2, 0.25) is 0 Å². The predicted molar refractivity (Wildman–Crippen MR) is 85.5 cm³/mol. The van der Waals surface area contributed by atoms with Crippen molar-refractivity contribution in [3.8, 4) is 11.5 Å². The molecule has 1 rings (SSSR count). The molecule has 0 heterocycles. The van der Waals surface area contributed by atoms with Gasteiger partial charge in [0.05, 0.1) is 19.8 Å². The maximum absolute atomic E-state index is 8.66. The first-order valence-electron chi connectivity index (χ1n) is 7.33. The van der Waals surface area contributed by atoms with E-state index < -0.39 is 0 Å². The van der Waals surface area contributed by atoms with E-state index in [1.165, 1.54) is 0 Å². The summed E-state index contributed by atoms with van der Waals surface area (Å²) in [6.45, 7) is 8.05. The molecule has 120 valence electrons. The zero-order chi connectivity index (χ0) is 15.5. The van der Waals surface area contributed by atoms with Crippen LogP contribution in [0.5, 0.6) is 11.5 Å². The summed E-state index contributed by atoms with van der Waals surface area (Å²) in [5, 5.41) is 15.7. The van der Waals surface area contributed by atoms with E-state index in [1.807, 2.05) is 19.9 Å². The average molecular weight is 317 g/mol. The van der Waals surface area contributed by atoms with Crippen molar-refractivity contribution in [3.63, 3.8) is 0 Å². The molecule has 0 aromatic heterocycles. The molecule has 21 heavy (non-hydrogen) atoms. The Balaban J connectivity index is 2.58. The molecule has 0 unspecified atom stereocenters. The number of ether oxygens (including phenoxy) is 2. The third-order valence-electron chi connectivity index (χ3n) is 2.80. The summed E-state index contributed by atoms with van der Waals surface area (Å²) in [7, 11) is 0. The average Bonchev–Trinajstić information content (AvgIpc) is 2.47. The first kappa shape index (κ1) is 18.0. The lowest BCUT2D eigenvalue weighted by Gasteiger charge is -2.14. The van der Waals surface area contributed by atoms with Crippen LogP contribution in [-0.2, 0) is 6.54 Å². The van der Waals surface area contributed by atoms with Crippen LogP contribution < -0.4 is 20.1 Å². The Hall–Kier alpha value is -1.01. The predicted octanol–water partition coefficient (Wildman–Crippen LogP) is 1.81. The van der Waals surface area contributed by atoms with E-state index in [-0.39, 0.29) is 6.61 Å². The summed E-state index contributed by atoms with van der Waals surface area (Å²) >= 11 is 6.28. The fourth-order valence-electron chi connectivity index (χ4n) is 1.85. The lowest BCUT2D eigenvalue weighted by molar-refractivity contribution is 0.287. The highest BCUT2D eigenvalue weighted by atomic mass is 35.5. The quantitative estimate of drug-likeness (QED) is 0.544. The van der Waals surface area contributed by atoms with Crippen molar-refractivity contribution in [2.24, 2.45) is 0 Å². The SMILES string of the molecule is CCOc1cc(Cl)c(CNCCNCCO)cc1OCC. The first-order chi connectivity index (χ1) is 10.2. The van der Waals surface area contributed by atoms with Gasteiger partial charge in [-0.3, -0.25) is 0 Å². The third kappa shape index (κ3) is 6.52. The lowest BCUT2D eigenvalue weighted by atomic mass is 10.2. The van der Waals surface area contributed by atoms with Gasteiger partial charge in [-0.05, 0) is 25.5 Å². The summed E-state index contributed by atoms with van der Waals surface area (Å²) in [4.78, 5) is 0. The fourth-order valence-corrected chi connectivity index (χ4v) is 2.07. The Morgan fingerprint density at radius 2 is 1.62 bits per heavy atom. The van der Waals surface area contributed by atoms with E-state index in [4.69, 9.17) is 26.2 Å². The molecule has 1 aromatic carbocycles. The van der Waals surface area contributed by atoms with Gasteiger partial charge in [-0.25, -0.2) is 0 Å². The van der Waals surface area contributed by atoms with Crippen LogP contribution in [-0.4, -0.2) is 44.6 Å².